The van der Waals surface area contributed by atoms with Gasteiger partial charge in [0, 0.05) is 19.2 Å². The molecule has 2 unspecified atom stereocenters. The lowest BCUT2D eigenvalue weighted by Gasteiger charge is -2.11. The minimum atomic E-state index is 0.820. The summed E-state index contributed by atoms with van der Waals surface area (Å²) in [5, 5.41) is 8.33. The first-order valence-corrected chi connectivity index (χ1v) is 17.7. The molecule has 40 heavy (non-hydrogen) atoms. The Morgan fingerprint density at radius 3 is 1.20 bits per heavy atom. The van der Waals surface area contributed by atoms with Gasteiger partial charge in [0.1, 0.15) is 0 Å². The van der Waals surface area contributed by atoms with Crippen LogP contribution < -0.4 is 0 Å². The fraction of sp³-hybridized carbons (Fsp3) is 0.526. The van der Waals surface area contributed by atoms with Gasteiger partial charge < -0.3 is 0 Å². The van der Waals surface area contributed by atoms with Crippen molar-refractivity contribution in [3.63, 3.8) is 0 Å². The van der Waals surface area contributed by atoms with E-state index in [-0.39, 0.29) is 0 Å². The Bertz CT molecular complexity index is 1340. The van der Waals surface area contributed by atoms with E-state index in [9.17, 15) is 0 Å². The van der Waals surface area contributed by atoms with E-state index in [1.165, 1.54) is 106 Å². The van der Waals surface area contributed by atoms with Crippen molar-refractivity contribution in [3.05, 3.63) is 58.3 Å². The standard InChI is InChI=1S/C38H50S2/c1-25(2)9-7-11-27(5)13-15-35-21-33-19-29-17-32-24-38-34(20-30(32)18-31(29)23-37(33)39-35)22-36(40-38)16-14-28(6)12-8-10-26(3)4/h17-28H,7-16H2,1-6H3. The summed E-state index contributed by atoms with van der Waals surface area (Å²) in [6, 6.07) is 19.5. The molecule has 0 saturated heterocycles. The molecule has 2 aromatic heterocycles. The predicted molar refractivity (Wildman–Crippen MR) is 185 cm³/mol. The molecule has 0 amide bonds. The molecule has 2 heteroatoms. The zero-order valence-electron chi connectivity index (χ0n) is 25.8. The highest BCUT2D eigenvalue weighted by Crippen LogP contribution is 2.36. The maximum absolute atomic E-state index is 2.46. The Labute approximate surface area is 251 Å². The number of hydrogen-bond acceptors (Lipinski definition) is 2. The van der Waals surface area contributed by atoms with Crippen LogP contribution in [0.2, 0.25) is 0 Å². The van der Waals surface area contributed by atoms with Crippen molar-refractivity contribution in [3.8, 4) is 0 Å². The first kappa shape index (κ1) is 29.6. The molecule has 0 nitrogen and oxygen atoms in total. The van der Waals surface area contributed by atoms with Gasteiger partial charge in [-0.3, -0.25) is 0 Å². The minimum absolute atomic E-state index is 0.820. The minimum Gasteiger partial charge on any atom is -0.140 e. The van der Waals surface area contributed by atoms with Gasteiger partial charge in [0.25, 0.3) is 0 Å². The van der Waals surface area contributed by atoms with Crippen LogP contribution in [0.1, 0.15) is 103 Å². The van der Waals surface area contributed by atoms with Gasteiger partial charge in [0.15, 0.2) is 0 Å². The number of aryl methyl sites for hydroxylation is 2. The quantitative estimate of drug-likeness (QED) is 0.116. The number of hydrogen-bond donors (Lipinski definition) is 0. The van der Waals surface area contributed by atoms with E-state index in [1.807, 2.05) is 22.7 Å². The van der Waals surface area contributed by atoms with Crippen molar-refractivity contribution >= 4 is 64.4 Å². The van der Waals surface area contributed by atoms with Crippen LogP contribution in [-0.2, 0) is 12.8 Å². The zero-order chi connectivity index (χ0) is 28.2. The first-order chi connectivity index (χ1) is 19.2. The molecule has 0 bridgehead atoms. The van der Waals surface area contributed by atoms with Crippen LogP contribution in [0.25, 0.3) is 41.7 Å². The van der Waals surface area contributed by atoms with Crippen LogP contribution in [0.3, 0.4) is 0 Å². The third kappa shape index (κ3) is 7.68. The molecular formula is C38H50S2. The highest BCUT2D eigenvalue weighted by atomic mass is 32.1. The molecule has 0 N–H and O–H groups in total. The normalized spacial score (nSPS) is 14.0. The summed E-state index contributed by atoms with van der Waals surface area (Å²) < 4.78 is 2.88. The monoisotopic (exact) mass is 570 g/mol. The van der Waals surface area contributed by atoms with Crippen LogP contribution in [0.4, 0.5) is 0 Å². The molecule has 0 spiro atoms. The van der Waals surface area contributed by atoms with Crippen molar-refractivity contribution in [1.29, 1.82) is 0 Å². The molecule has 3 aromatic carbocycles. The molecule has 0 radical (unpaired) electrons. The fourth-order valence-corrected chi connectivity index (χ4v) is 8.47. The summed E-state index contributed by atoms with van der Waals surface area (Å²) in [6.45, 7) is 14.2. The molecule has 5 aromatic rings. The summed E-state index contributed by atoms with van der Waals surface area (Å²) in [5.41, 5.74) is 0. The number of fused-ring (bicyclic) bond motifs is 4. The van der Waals surface area contributed by atoms with E-state index >= 15 is 0 Å². The van der Waals surface area contributed by atoms with Crippen molar-refractivity contribution < 1.29 is 0 Å². The van der Waals surface area contributed by atoms with Crippen LogP contribution in [-0.4, -0.2) is 0 Å². The van der Waals surface area contributed by atoms with Gasteiger partial charge in [-0.15, -0.1) is 22.7 Å². The summed E-state index contributed by atoms with van der Waals surface area (Å²) in [5.74, 6) is 3.30. The van der Waals surface area contributed by atoms with E-state index in [0.29, 0.717) is 0 Å². The van der Waals surface area contributed by atoms with Crippen molar-refractivity contribution in [2.75, 3.05) is 0 Å². The smallest absolute Gasteiger partial charge is 0.0352 e. The molecule has 2 heterocycles. The highest BCUT2D eigenvalue weighted by molar-refractivity contribution is 7.19. The van der Waals surface area contributed by atoms with Crippen LogP contribution in [0.5, 0.6) is 0 Å². The van der Waals surface area contributed by atoms with Gasteiger partial charge in [-0.05, 0) is 130 Å². The lowest BCUT2D eigenvalue weighted by Crippen LogP contribution is -1.98. The number of thiophene rings is 2. The van der Waals surface area contributed by atoms with Gasteiger partial charge in [-0.2, -0.15) is 0 Å². The molecule has 214 valence electrons. The third-order valence-electron chi connectivity index (χ3n) is 8.89. The van der Waals surface area contributed by atoms with Gasteiger partial charge in [0.05, 0.1) is 0 Å². The summed E-state index contributed by atoms with van der Waals surface area (Å²) >= 11 is 4.02. The maximum atomic E-state index is 2.46. The van der Waals surface area contributed by atoms with Crippen LogP contribution >= 0.6 is 22.7 Å². The second-order valence-electron chi connectivity index (χ2n) is 13.7. The molecule has 0 aliphatic carbocycles. The average molecular weight is 571 g/mol. The van der Waals surface area contributed by atoms with Gasteiger partial charge in [-0.1, -0.05) is 80.1 Å². The molecular weight excluding hydrogens is 521 g/mol. The molecule has 2 atom stereocenters. The van der Waals surface area contributed by atoms with Gasteiger partial charge in [0.2, 0.25) is 0 Å². The lowest BCUT2D eigenvalue weighted by molar-refractivity contribution is 0.437. The Kier molecular flexibility index (Phi) is 9.90. The average Bonchev–Trinajstić information content (AvgIpc) is 3.48. The summed E-state index contributed by atoms with van der Waals surface area (Å²) in [6.07, 6.45) is 13.3. The molecule has 0 aliphatic heterocycles. The molecule has 0 aliphatic rings. The second-order valence-corrected chi connectivity index (χ2v) is 16.0. The molecule has 0 fully saturated rings. The fourth-order valence-electron chi connectivity index (χ4n) is 6.25. The number of benzene rings is 3. The zero-order valence-corrected chi connectivity index (χ0v) is 27.4. The Balaban J connectivity index is 1.28. The molecule has 5 rings (SSSR count). The van der Waals surface area contributed by atoms with Crippen LogP contribution in [0, 0.1) is 23.7 Å². The first-order valence-electron chi connectivity index (χ1n) is 16.1. The van der Waals surface area contributed by atoms with Crippen molar-refractivity contribution in [1.82, 2.24) is 0 Å². The van der Waals surface area contributed by atoms with E-state index < -0.39 is 0 Å². The van der Waals surface area contributed by atoms with Gasteiger partial charge >= 0.3 is 0 Å². The predicted octanol–water partition coefficient (Wildman–Crippen LogP) is 13.2. The number of rotatable bonds is 14. The molecule has 0 saturated carbocycles. The SMILES string of the molecule is CC(C)CCCC(C)CCc1cc2cc3cc4cc5sc(CCC(C)CCCC(C)C)cc5cc4cc3cc2s1. The third-order valence-corrected chi connectivity index (χ3v) is 11.2. The topological polar surface area (TPSA) is 0 Å². The Morgan fingerprint density at radius 2 is 0.800 bits per heavy atom. The van der Waals surface area contributed by atoms with E-state index in [1.54, 1.807) is 9.75 Å². The van der Waals surface area contributed by atoms with E-state index in [2.05, 4.69) is 90.1 Å². The Morgan fingerprint density at radius 1 is 0.425 bits per heavy atom. The summed E-state index contributed by atoms with van der Waals surface area (Å²) in [7, 11) is 0. The van der Waals surface area contributed by atoms with Crippen molar-refractivity contribution in [2.45, 2.75) is 106 Å². The van der Waals surface area contributed by atoms with Gasteiger partial charge in [-0.25, -0.2) is 0 Å². The largest absolute Gasteiger partial charge is 0.140 e. The summed E-state index contributed by atoms with van der Waals surface area (Å²) in [4.78, 5) is 3.10. The Hall–Kier alpha value is -1.90. The maximum Gasteiger partial charge on any atom is 0.0352 e. The highest BCUT2D eigenvalue weighted by Gasteiger charge is 2.11. The van der Waals surface area contributed by atoms with Crippen molar-refractivity contribution in [2.24, 2.45) is 23.7 Å². The second kappa shape index (κ2) is 13.4. The van der Waals surface area contributed by atoms with Crippen LogP contribution in [0.15, 0.2) is 48.5 Å². The van der Waals surface area contributed by atoms with E-state index in [4.69, 9.17) is 0 Å². The lowest BCUT2D eigenvalue weighted by atomic mass is 9.95. The van der Waals surface area contributed by atoms with E-state index in [0.717, 1.165) is 23.7 Å².